The van der Waals surface area contributed by atoms with Crippen LogP contribution in [-0.4, -0.2) is 0 Å². The van der Waals surface area contributed by atoms with Crippen LogP contribution in [0.1, 0.15) is 51.9 Å². The maximum absolute atomic E-state index is 2.39. The predicted molar refractivity (Wildman–Crippen MR) is 53.1 cm³/mol. The average molecular weight is 164 g/mol. The molecule has 0 saturated heterocycles. The van der Waals surface area contributed by atoms with E-state index in [0.29, 0.717) is 0 Å². The highest BCUT2D eigenvalue weighted by Gasteiger charge is 2.30. The molecule has 0 aromatic heterocycles. The van der Waals surface area contributed by atoms with Crippen LogP contribution in [0.5, 0.6) is 0 Å². The molecule has 2 unspecified atom stereocenters. The third-order valence-corrected chi connectivity index (χ3v) is 3.80. The summed E-state index contributed by atoms with van der Waals surface area (Å²) < 4.78 is 0. The lowest BCUT2D eigenvalue weighted by Crippen LogP contribution is -2.25. The minimum atomic E-state index is 0.998. The number of hydrogen-bond donors (Lipinski definition) is 0. The van der Waals surface area contributed by atoms with E-state index in [1.807, 2.05) is 0 Å². The second-order valence-corrected chi connectivity index (χ2v) is 4.41. The third kappa shape index (κ3) is 1.44. The first-order valence-corrected chi connectivity index (χ1v) is 5.57. The Labute approximate surface area is 76.1 Å². The number of rotatable bonds is 0. The smallest absolute Gasteiger partial charge is 0.0175 e. The first-order chi connectivity index (χ1) is 5.92. The van der Waals surface area contributed by atoms with Gasteiger partial charge < -0.3 is 0 Å². The molecule has 2 aliphatic rings. The second-order valence-electron chi connectivity index (χ2n) is 4.41. The number of allylic oxidation sites excluding steroid dienone is 2. The highest BCUT2D eigenvalue weighted by atomic mass is 14.3. The molecule has 0 aromatic carbocycles. The van der Waals surface area contributed by atoms with Crippen LogP contribution in [0.3, 0.4) is 0 Å². The van der Waals surface area contributed by atoms with Gasteiger partial charge in [0.15, 0.2) is 0 Å². The summed E-state index contributed by atoms with van der Waals surface area (Å²) in [6.45, 7) is 2.23. The van der Waals surface area contributed by atoms with Gasteiger partial charge in [0, 0.05) is 0 Å². The lowest BCUT2D eigenvalue weighted by molar-refractivity contribution is 0.223. The van der Waals surface area contributed by atoms with Gasteiger partial charge in [-0.15, -0.1) is 0 Å². The van der Waals surface area contributed by atoms with Crippen LogP contribution in [0.4, 0.5) is 0 Å². The molecule has 12 heavy (non-hydrogen) atoms. The molecule has 2 rings (SSSR count). The van der Waals surface area contributed by atoms with Crippen molar-refractivity contribution < 1.29 is 0 Å². The monoisotopic (exact) mass is 164 g/mol. The normalized spacial score (nSPS) is 39.6. The highest BCUT2D eigenvalue weighted by molar-refractivity contribution is 5.10. The summed E-state index contributed by atoms with van der Waals surface area (Å²) in [5, 5.41) is 0. The van der Waals surface area contributed by atoms with Gasteiger partial charge in [0.2, 0.25) is 0 Å². The molecule has 68 valence electrons. The minimum absolute atomic E-state index is 0.998. The van der Waals surface area contributed by atoms with Crippen LogP contribution in [0.15, 0.2) is 11.6 Å². The largest absolute Gasteiger partial charge is 0.0882 e. The summed E-state index contributed by atoms with van der Waals surface area (Å²) in [7, 11) is 0. The van der Waals surface area contributed by atoms with E-state index < -0.39 is 0 Å². The standard InChI is InChI=1S/C12H20/c1-2-10-7-5-8-11-6-3-4-9-12(10)11/h2,11-12H,3-9H2,1H3/b10-2+. The van der Waals surface area contributed by atoms with Crippen molar-refractivity contribution in [3.63, 3.8) is 0 Å². The van der Waals surface area contributed by atoms with Crippen LogP contribution in [0.2, 0.25) is 0 Å². The van der Waals surface area contributed by atoms with Gasteiger partial charge in [0.05, 0.1) is 0 Å². The van der Waals surface area contributed by atoms with Crippen LogP contribution in [0.25, 0.3) is 0 Å². The van der Waals surface area contributed by atoms with Gasteiger partial charge in [-0.25, -0.2) is 0 Å². The fourth-order valence-corrected chi connectivity index (χ4v) is 3.15. The maximum Gasteiger partial charge on any atom is -0.0175 e. The molecule has 0 amide bonds. The Morgan fingerprint density at radius 2 is 1.83 bits per heavy atom. The van der Waals surface area contributed by atoms with E-state index >= 15 is 0 Å². The third-order valence-electron chi connectivity index (χ3n) is 3.80. The molecule has 2 saturated carbocycles. The summed E-state index contributed by atoms with van der Waals surface area (Å²) >= 11 is 0. The van der Waals surface area contributed by atoms with Crippen molar-refractivity contribution in [2.75, 3.05) is 0 Å². The van der Waals surface area contributed by atoms with Gasteiger partial charge >= 0.3 is 0 Å². The van der Waals surface area contributed by atoms with Crippen LogP contribution >= 0.6 is 0 Å². The predicted octanol–water partition coefficient (Wildman–Crippen LogP) is 3.92. The Balaban J connectivity index is 2.09. The Hall–Kier alpha value is -0.260. The van der Waals surface area contributed by atoms with E-state index in [4.69, 9.17) is 0 Å². The minimum Gasteiger partial charge on any atom is -0.0882 e. The first kappa shape index (κ1) is 8.34. The SMILES string of the molecule is C/C=C1\CCCC2CCCCC12. The first-order valence-electron chi connectivity index (χ1n) is 5.57. The summed E-state index contributed by atoms with van der Waals surface area (Å²) in [5.41, 5.74) is 1.78. The van der Waals surface area contributed by atoms with E-state index in [1.165, 1.54) is 44.9 Å². The van der Waals surface area contributed by atoms with Gasteiger partial charge in [-0.2, -0.15) is 0 Å². The topological polar surface area (TPSA) is 0 Å². The van der Waals surface area contributed by atoms with E-state index in [1.54, 1.807) is 5.57 Å². The van der Waals surface area contributed by atoms with Crippen molar-refractivity contribution in [2.24, 2.45) is 11.8 Å². The highest BCUT2D eigenvalue weighted by Crippen LogP contribution is 2.43. The molecule has 0 radical (unpaired) electrons. The molecule has 0 aromatic rings. The van der Waals surface area contributed by atoms with Crippen molar-refractivity contribution in [1.82, 2.24) is 0 Å². The molecular weight excluding hydrogens is 144 g/mol. The summed E-state index contributed by atoms with van der Waals surface area (Å²) in [6, 6.07) is 0. The van der Waals surface area contributed by atoms with Crippen molar-refractivity contribution in [1.29, 1.82) is 0 Å². The van der Waals surface area contributed by atoms with Crippen LogP contribution in [-0.2, 0) is 0 Å². The quantitative estimate of drug-likeness (QED) is 0.476. The van der Waals surface area contributed by atoms with Gasteiger partial charge in [-0.1, -0.05) is 24.5 Å². The molecule has 0 spiro atoms. The zero-order valence-corrected chi connectivity index (χ0v) is 8.18. The van der Waals surface area contributed by atoms with E-state index in [0.717, 1.165) is 11.8 Å². The lowest BCUT2D eigenvalue weighted by atomic mass is 9.68. The zero-order valence-electron chi connectivity index (χ0n) is 8.18. The second kappa shape index (κ2) is 3.64. The Morgan fingerprint density at radius 1 is 1.08 bits per heavy atom. The van der Waals surface area contributed by atoms with Gasteiger partial charge in [0.1, 0.15) is 0 Å². The molecule has 0 N–H and O–H groups in total. The fraction of sp³-hybridized carbons (Fsp3) is 0.833. The summed E-state index contributed by atoms with van der Waals surface area (Å²) in [4.78, 5) is 0. The average Bonchev–Trinajstić information content (AvgIpc) is 2.17. The van der Waals surface area contributed by atoms with E-state index in [9.17, 15) is 0 Å². The van der Waals surface area contributed by atoms with Crippen molar-refractivity contribution in [3.05, 3.63) is 11.6 Å². The molecule has 2 atom stereocenters. The molecule has 2 fully saturated rings. The fourth-order valence-electron chi connectivity index (χ4n) is 3.15. The summed E-state index contributed by atoms with van der Waals surface area (Å²) in [5.74, 6) is 2.07. The summed E-state index contributed by atoms with van der Waals surface area (Å²) in [6.07, 6.45) is 12.8. The molecule has 0 heterocycles. The van der Waals surface area contributed by atoms with Crippen molar-refractivity contribution in [3.8, 4) is 0 Å². The molecule has 0 nitrogen and oxygen atoms in total. The van der Waals surface area contributed by atoms with Gasteiger partial charge in [-0.05, 0) is 50.9 Å². The number of fused-ring (bicyclic) bond motifs is 1. The maximum atomic E-state index is 2.39. The van der Waals surface area contributed by atoms with Crippen LogP contribution in [0, 0.1) is 11.8 Å². The Morgan fingerprint density at radius 3 is 2.67 bits per heavy atom. The van der Waals surface area contributed by atoms with Gasteiger partial charge in [0.25, 0.3) is 0 Å². The van der Waals surface area contributed by atoms with E-state index in [-0.39, 0.29) is 0 Å². The van der Waals surface area contributed by atoms with Crippen molar-refractivity contribution in [2.45, 2.75) is 51.9 Å². The molecule has 2 aliphatic carbocycles. The Kier molecular flexibility index (Phi) is 2.53. The van der Waals surface area contributed by atoms with Gasteiger partial charge in [-0.3, -0.25) is 0 Å². The molecular formula is C12H20. The molecule has 0 heteroatoms. The Bertz CT molecular complexity index is 176. The van der Waals surface area contributed by atoms with Crippen molar-refractivity contribution >= 4 is 0 Å². The number of hydrogen-bond acceptors (Lipinski definition) is 0. The van der Waals surface area contributed by atoms with E-state index in [2.05, 4.69) is 13.0 Å². The molecule has 0 bridgehead atoms. The van der Waals surface area contributed by atoms with Crippen LogP contribution < -0.4 is 0 Å². The molecule has 0 aliphatic heterocycles. The lowest BCUT2D eigenvalue weighted by Gasteiger charge is -2.37. The zero-order chi connectivity index (χ0) is 8.39.